The topological polar surface area (TPSA) is 126 Å². The molecule has 4 N–H and O–H groups in total. The normalized spacial score (nSPS) is 12.5. The number of methoxy groups -OCH3 is 1. The monoisotopic (exact) mass is 536 g/mol. The van der Waals surface area contributed by atoms with Crippen LogP contribution in [0.3, 0.4) is 0 Å². The number of rotatable bonds is 11. The number of aliphatic hydroxyl groups excluding tert-OH is 1. The van der Waals surface area contributed by atoms with Gasteiger partial charge in [-0.05, 0) is 29.8 Å². The maximum Gasteiger partial charge on any atom is 0.264 e. The quantitative estimate of drug-likeness (QED) is 0.171. The summed E-state index contributed by atoms with van der Waals surface area (Å²) in [7, 11) is -3.02. The molecule has 1 heterocycles. The predicted octanol–water partition coefficient (Wildman–Crippen LogP) is 3.49. The second kappa shape index (κ2) is 11.1. The average Bonchev–Trinajstić information content (AvgIpc) is 3.28. The number of sulfonamides is 1. The molecule has 0 bridgehead atoms. The highest BCUT2D eigenvalue weighted by atomic mass is 32.2. The molecule has 9 nitrogen and oxygen atoms in total. The molecule has 1 aromatic heterocycles. The molecule has 13 heteroatoms. The Morgan fingerprint density at radius 3 is 2.62 bits per heavy atom. The second-order valence-corrected chi connectivity index (χ2v) is 9.59. The van der Waals surface area contributed by atoms with Crippen LogP contribution in [0.4, 0.5) is 18.9 Å². The molecular weight excluding hydrogens is 513 g/mol. The number of aliphatic hydroxyl groups is 1. The summed E-state index contributed by atoms with van der Waals surface area (Å²) in [6, 6.07) is 11.6. The number of fused-ring (bicyclic) bond motifs is 1. The fourth-order valence-corrected chi connectivity index (χ4v) is 4.67. The Kier molecular flexibility index (Phi) is 7.86. The first kappa shape index (κ1) is 26.3. The Labute approximate surface area is 210 Å². The molecule has 4 rings (SSSR count). The lowest BCUT2D eigenvalue weighted by Gasteiger charge is -2.15. The van der Waals surface area contributed by atoms with Crippen LogP contribution in [0.2, 0.25) is 0 Å². The maximum absolute atomic E-state index is 13.9. The number of halogens is 3. The van der Waals surface area contributed by atoms with Crippen molar-refractivity contribution in [2.24, 2.45) is 0 Å². The first-order valence-corrected chi connectivity index (χ1v) is 12.5. The van der Waals surface area contributed by atoms with Crippen molar-refractivity contribution in [1.82, 2.24) is 15.5 Å². The molecule has 0 aliphatic rings. The summed E-state index contributed by atoms with van der Waals surface area (Å²) < 4.78 is 78.4. The van der Waals surface area contributed by atoms with Crippen LogP contribution < -0.4 is 19.5 Å². The summed E-state index contributed by atoms with van der Waals surface area (Å²) in [4.78, 5) is -1.04. The predicted molar refractivity (Wildman–Crippen MR) is 130 cm³/mol. The first-order chi connectivity index (χ1) is 17.7. The van der Waals surface area contributed by atoms with Gasteiger partial charge in [-0.15, -0.1) is 5.10 Å². The average molecular weight is 537 g/mol. The Morgan fingerprint density at radius 1 is 1.05 bits per heavy atom. The summed E-state index contributed by atoms with van der Waals surface area (Å²) in [6.07, 6.45) is -1.00. The molecular formula is C24H23F3N4O5S. The van der Waals surface area contributed by atoms with Crippen LogP contribution in [0.5, 0.6) is 11.6 Å². The number of aromatic amines is 1. The number of nitrogens with one attached hydrogen (secondary N) is 3. The molecule has 1 unspecified atom stereocenters. The van der Waals surface area contributed by atoms with Crippen LogP contribution in [-0.4, -0.2) is 50.5 Å². The lowest BCUT2D eigenvalue weighted by molar-refractivity contribution is 0.172. The molecule has 0 fully saturated rings. The van der Waals surface area contributed by atoms with Gasteiger partial charge in [0.25, 0.3) is 10.0 Å². The second-order valence-electron chi connectivity index (χ2n) is 7.94. The number of aromatic nitrogens is 2. The van der Waals surface area contributed by atoms with Crippen LogP contribution in [0.1, 0.15) is 11.7 Å². The van der Waals surface area contributed by atoms with Crippen LogP contribution in [-0.2, 0) is 10.0 Å². The summed E-state index contributed by atoms with van der Waals surface area (Å²) in [5, 5.41) is 21.2. The van der Waals surface area contributed by atoms with E-state index in [1.807, 2.05) is 6.07 Å². The van der Waals surface area contributed by atoms with E-state index in [2.05, 4.69) is 20.2 Å². The van der Waals surface area contributed by atoms with Crippen LogP contribution >= 0.6 is 0 Å². The summed E-state index contributed by atoms with van der Waals surface area (Å²) in [5.41, 5.74) is 1.15. The standard InChI is InChI=1S/C24H23F3N4O5S/c1-35-24-17-6-5-16(10-21(17)29-30-24)36-8-7-28-13-22(32)14-3-2-4-15(9-14)31-37(33,34)23-12-19(26)18(25)11-20(23)27/h2-6,9-12,22,28,31-32H,7-8,13H2,1H3,(H,29,30). The Morgan fingerprint density at radius 2 is 1.84 bits per heavy atom. The van der Waals surface area contributed by atoms with Gasteiger partial charge in [-0.25, -0.2) is 21.6 Å². The number of ether oxygens (including phenoxy) is 2. The summed E-state index contributed by atoms with van der Waals surface area (Å²) in [6.45, 7) is 0.848. The fourth-order valence-electron chi connectivity index (χ4n) is 3.55. The third kappa shape index (κ3) is 6.13. The third-order valence-corrected chi connectivity index (χ3v) is 6.76. The molecule has 0 radical (unpaired) electrons. The van der Waals surface area contributed by atoms with E-state index in [1.54, 1.807) is 18.2 Å². The molecule has 0 aliphatic heterocycles. The maximum atomic E-state index is 13.9. The fraction of sp³-hybridized carbons (Fsp3) is 0.208. The first-order valence-electron chi connectivity index (χ1n) is 11.0. The molecule has 0 spiro atoms. The van der Waals surface area contributed by atoms with Crippen molar-refractivity contribution < 1.29 is 36.2 Å². The smallest absolute Gasteiger partial charge is 0.264 e. The van der Waals surface area contributed by atoms with Gasteiger partial charge in [-0.2, -0.15) is 0 Å². The molecule has 1 atom stereocenters. The van der Waals surface area contributed by atoms with E-state index in [4.69, 9.17) is 9.47 Å². The molecule has 0 saturated carbocycles. The van der Waals surface area contributed by atoms with Gasteiger partial charge in [0.15, 0.2) is 11.6 Å². The number of anilines is 1. The van der Waals surface area contributed by atoms with Crippen molar-refractivity contribution in [1.29, 1.82) is 0 Å². The number of hydrogen-bond donors (Lipinski definition) is 4. The van der Waals surface area contributed by atoms with Crippen molar-refractivity contribution >= 4 is 26.6 Å². The molecule has 0 saturated heterocycles. The van der Waals surface area contributed by atoms with E-state index < -0.39 is 38.5 Å². The van der Waals surface area contributed by atoms with E-state index in [0.29, 0.717) is 30.3 Å². The number of benzene rings is 3. The van der Waals surface area contributed by atoms with Gasteiger partial charge in [-0.1, -0.05) is 12.1 Å². The van der Waals surface area contributed by atoms with Gasteiger partial charge in [0.1, 0.15) is 23.1 Å². The summed E-state index contributed by atoms with van der Waals surface area (Å²) in [5.74, 6) is -3.32. The minimum Gasteiger partial charge on any atom is -0.492 e. The number of hydrogen-bond acceptors (Lipinski definition) is 7. The lowest BCUT2D eigenvalue weighted by atomic mass is 10.1. The van der Waals surface area contributed by atoms with E-state index in [-0.39, 0.29) is 24.4 Å². The highest BCUT2D eigenvalue weighted by molar-refractivity contribution is 7.92. The third-order valence-electron chi connectivity index (χ3n) is 5.37. The molecule has 0 aliphatic carbocycles. The van der Waals surface area contributed by atoms with E-state index >= 15 is 0 Å². The zero-order valence-corrected chi connectivity index (χ0v) is 20.3. The van der Waals surface area contributed by atoms with Gasteiger partial charge in [0, 0.05) is 37.0 Å². The molecule has 37 heavy (non-hydrogen) atoms. The highest BCUT2D eigenvalue weighted by Gasteiger charge is 2.22. The Balaban J connectivity index is 1.30. The Bertz CT molecular complexity index is 1510. The SMILES string of the molecule is COc1n[nH]c2cc(OCCNCC(O)c3cccc(NS(=O)(=O)c4cc(F)c(F)cc4F)c3)ccc12. The van der Waals surface area contributed by atoms with Crippen molar-refractivity contribution in [3.8, 4) is 11.6 Å². The molecule has 3 aromatic carbocycles. The van der Waals surface area contributed by atoms with Gasteiger partial charge in [0.05, 0.1) is 24.1 Å². The van der Waals surface area contributed by atoms with E-state index in [1.165, 1.54) is 25.3 Å². The van der Waals surface area contributed by atoms with Crippen LogP contribution in [0.25, 0.3) is 10.9 Å². The molecule has 4 aromatic rings. The Hall–Kier alpha value is -3.81. The lowest BCUT2D eigenvalue weighted by Crippen LogP contribution is -2.26. The number of H-pyrrole nitrogens is 1. The van der Waals surface area contributed by atoms with Gasteiger partial charge in [-0.3, -0.25) is 9.82 Å². The van der Waals surface area contributed by atoms with Gasteiger partial charge >= 0.3 is 0 Å². The largest absolute Gasteiger partial charge is 0.492 e. The van der Waals surface area contributed by atoms with Crippen molar-refractivity contribution in [3.05, 3.63) is 77.6 Å². The zero-order chi connectivity index (χ0) is 26.6. The van der Waals surface area contributed by atoms with E-state index in [9.17, 15) is 26.7 Å². The highest BCUT2D eigenvalue weighted by Crippen LogP contribution is 2.26. The van der Waals surface area contributed by atoms with Crippen molar-refractivity contribution in [2.45, 2.75) is 11.0 Å². The van der Waals surface area contributed by atoms with Gasteiger partial charge < -0.3 is 19.9 Å². The number of nitrogens with zero attached hydrogens (tertiary/aromatic N) is 1. The van der Waals surface area contributed by atoms with Crippen molar-refractivity contribution in [2.75, 3.05) is 31.5 Å². The minimum atomic E-state index is -4.55. The molecule has 196 valence electrons. The summed E-state index contributed by atoms with van der Waals surface area (Å²) >= 11 is 0. The van der Waals surface area contributed by atoms with E-state index in [0.717, 1.165) is 10.9 Å². The van der Waals surface area contributed by atoms with Gasteiger partial charge in [0.2, 0.25) is 5.88 Å². The molecule has 0 amide bonds. The van der Waals surface area contributed by atoms with Crippen molar-refractivity contribution in [3.63, 3.8) is 0 Å². The van der Waals surface area contributed by atoms with Crippen LogP contribution in [0.15, 0.2) is 59.5 Å². The van der Waals surface area contributed by atoms with Crippen LogP contribution in [0, 0.1) is 17.5 Å². The zero-order valence-electron chi connectivity index (χ0n) is 19.5. The minimum absolute atomic E-state index is 0.00912.